The molecule has 0 fully saturated rings. The monoisotopic (exact) mass is 214 g/mol. The van der Waals surface area contributed by atoms with E-state index >= 15 is 0 Å². The lowest BCUT2D eigenvalue weighted by Crippen LogP contribution is -2.15. The predicted molar refractivity (Wildman–Crippen MR) is 59.3 cm³/mol. The zero-order valence-corrected chi connectivity index (χ0v) is 8.55. The second-order valence-corrected chi connectivity index (χ2v) is 3.41. The number of allylic oxidation sites excluding steroid dienone is 2. The number of benzene rings is 1. The van der Waals surface area contributed by atoms with Crippen LogP contribution >= 0.6 is 0 Å². The van der Waals surface area contributed by atoms with Gasteiger partial charge in [-0.2, -0.15) is 0 Å². The normalized spacial score (nSPS) is 16.1. The lowest BCUT2D eigenvalue weighted by Gasteiger charge is -2.08. The number of ketones is 1. The van der Waals surface area contributed by atoms with Crippen LogP contribution in [0.15, 0.2) is 48.2 Å². The largest absolute Gasteiger partial charge is 0.426 e. The summed E-state index contributed by atoms with van der Waals surface area (Å²) < 4.78 is 4.89. The number of carbonyl (C=O) groups is 2. The highest BCUT2D eigenvalue weighted by atomic mass is 16.5. The summed E-state index contributed by atoms with van der Waals surface area (Å²) in [6.45, 7) is 0. The molecule has 1 heterocycles. The van der Waals surface area contributed by atoms with Crippen molar-refractivity contribution in [2.24, 2.45) is 0 Å². The molecule has 1 aromatic rings. The van der Waals surface area contributed by atoms with Gasteiger partial charge in [0.05, 0.1) is 0 Å². The Bertz CT molecular complexity index is 469. The van der Waals surface area contributed by atoms with E-state index in [1.54, 1.807) is 12.2 Å². The first kappa shape index (κ1) is 10.4. The molecule has 0 amide bonds. The molecule has 0 spiro atoms. The molecular formula is C13H10O3. The topological polar surface area (TPSA) is 43.4 Å². The van der Waals surface area contributed by atoms with Gasteiger partial charge in [0.2, 0.25) is 0 Å². The molecule has 0 radical (unpaired) electrons. The Kier molecular flexibility index (Phi) is 2.96. The van der Waals surface area contributed by atoms with Crippen molar-refractivity contribution >= 4 is 17.8 Å². The molecule has 16 heavy (non-hydrogen) atoms. The molecule has 3 heteroatoms. The Morgan fingerprint density at radius 3 is 2.50 bits per heavy atom. The zero-order valence-electron chi connectivity index (χ0n) is 8.55. The van der Waals surface area contributed by atoms with Crippen molar-refractivity contribution < 1.29 is 14.3 Å². The SMILES string of the molecule is O=C1C=C(C=Cc2ccccc2)OC(=O)C1. The summed E-state index contributed by atoms with van der Waals surface area (Å²) in [7, 11) is 0. The van der Waals surface area contributed by atoms with E-state index in [1.165, 1.54) is 6.08 Å². The van der Waals surface area contributed by atoms with Gasteiger partial charge in [-0.1, -0.05) is 36.4 Å². The van der Waals surface area contributed by atoms with Crippen LogP contribution in [0.25, 0.3) is 6.08 Å². The number of ether oxygens (including phenoxy) is 1. The smallest absolute Gasteiger partial charge is 0.319 e. The summed E-state index contributed by atoms with van der Waals surface area (Å²) in [5.74, 6) is -0.422. The molecule has 0 saturated carbocycles. The van der Waals surface area contributed by atoms with Crippen molar-refractivity contribution in [2.75, 3.05) is 0 Å². The van der Waals surface area contributed by atoms with Gasteiger partial charge < -0.3 is 4.74 Å². The Morgan fingerprint density at radius 2 is 1.81 bits per heavy atom. The number of rotatable bonds is 2. The summed E-state index contributed by atoms with van der Waals surface area (Å²) >= 11 is 0. The van der Waals surface area contributed by atoms with Crippen LogP contribution in [0.3, 0.4) is 0 Å². The second-order valence-electron chi connectivity index (χ2n) is 3.41. The lowest BCUT2D eigenvalue weighted by molar-refractivity contribution is -0.142. The Balaban J connectivity index is 2.13. The minimum atomic E-state index is -0.500. The first-order valence-electron chi connectivity index (χ1n) is 4.92. The number of hydrogen-bond acceptors (Lipinski definition) is 3. The van der Waals surface area contributed by atoms with E-state index in [-0.39, 0.29) is 12.2 Å². The Labute approximate surface area is 93.0 Å². The van der Waals surface area contributed by atoms with E-state index in [9.17, 15) is 9.59 Å². The van der Waals surface area contributed by atoms with Crippen LogP contribution in [-0.4, -0.2) is 11.8 Å². The minimum Gasteiger partial charge on any atom is -0.426 e. The van der Waals surface area contributed by atoms with Gasteiger partial charge >= 0.3 is 5.97 Å². The van der Waals surface area contributed by atoms with Crippen LogP contribution in [0, 0.1) is 0 Å². The third-order valence-electron chi connectivity index (χ3n) is 2.09. The molecule has 0 atom stereocenters. The first-order chi connectivity index (χ1) is 7.74. The fourth-order valence-corrected chi connectivity index (χ4v) is 1.37. The van der Waals surface area contributed by atoms with E-state index in [4.69, 9.17) is 4.74 Å². The lowest BCUT2D eigenvalue weighted by atomic mass is 10.1. The van der Waals surface area contributed by atoms with Crippen molar-refractivity contribution in [1.29, 1.82) is 0 Å². The number of esters is 1. The summed E-state index contributed by atoms with van der Waals surface area (Å²) in [5.41, 5.74) is 0.984. The average molecular weight is 214 g/mol. The van der Waals surface area contributed by atoms with Gasteiger partial charge in [-0.05, 0) is 11.6 Å². The van der Waals surface area contributed by atoms with E-state index < -0.39 is 5.97 Å². The van der Waals surface area contributed by atoms with E-state index in [2.05, 4.69) is 0 Å². The van der Waals surface area contributed by atoms with E-state index in [1.807, 2.05) is 30.3 Å². The predicted octanol–water partition coefficient (Wildman–Crippen LogP) is 2.10. The maximum Gasteiger partial charge on any atom is 0.319 e. The number of carbonyl (C=O) groups excluding carboxylic acids is 2. The molecule has 0 unspecified atom stereocenters. The summed E-state index contributed by atoms with van der Waals surface area (Å²) in [4.78, 5) is 22.1. The number of hydrogen-bond donors (Lipinski definition) is 0. The van der Waals surface area contributed by atoms with Crippen molar-refractivity contribution in [3.63, 3.8) is 0 Å². The van der Waals surface area contributed by atoms with Crippen LogP contribution in [-0.2, 0) is 14.3 Å². The van der Waals surface area contributed by atoms with Crippen molar-refractivity contribution in [3.8, 4) is 0 Å². The van der Waals surface area contributed by atoms with Gasteiger partial charge in [-0.3, -0.25) is 9.59 Å². The Morgan fingerprint density at radius 1 is 1.06 bits per heavy atom. The third kappa shape index (κ3) is 2.67. The number of cyclic esters (lactones) is 1. The van der Waals surface area contributed by atoms with Crippen molar-refractivity contribution in [2.45, 2.75) is 6.42 Å². The molecule has 1 aliphatic rings. The fourth-order valence-electron chi connectivity index (χ4n) is 1.37. The van der Waals surface area contributed by atoms with Crippen LogP contribution in [0.2, 0.25) is 0 Å². The highest BCUT2D eigenvalue weighted by Crippen LogP contribution is 2.12. The molecule has 0 aromatic heterocycles. The molecular weight excluding hydrogens is 204 g/mol. The maximum absolute atomic E-state index is 11.1. The summed E-state index contributed by atoms with van der Waals surface area (Å²) in [6, 6.07) is 9.58. The van der Waals surface area contributed by atoms with Gasteiger partial charge in [0.15, 0.2) is 5.78 Å². The van der Waals surface area contributed by atoms with Gasteiger partial charge in [-0.15, -0.1) is 0 Å². The standard InChI is InChI=1S/C13H10O3/c14-11-8-12(16-13(15)9-11)7-6-10-4-2-1-3-5-10/h1-8H,9H2. The van der Waals surface area contributed by atoms with Crippen LogP contribution in [0.1, 0.15) is 12.0 Å². The fraction of sp³-hybridized carbons (Fsp3) is 0.0769. The summed E-state index contributed by atoms with van der Waals surface area (Å²) in [5, 5.41) is 0. The van der Waals surface area contributed by atoms with Gasteiger partial charge in [0.25, 0.3) is 0 Å². The first-order valence-corrected chi connectivity index (χ1v) is 4.92. The molecule has 0 aliphatic carbocycles. The highest BCUT2D eigenvalue weighted by molar-refractivity contribution is 6.04. The van der Waals surface area contributed by atoms with Crippen molar-refractivity contribution in [3.05, 3.63) is 53.8 Å². The molecule has 1 aliphatic heterocycles. The van der Waals surface area contributed by atoms with E-state index in [0.717, 1.165) is 5.56 Å². The molecule has 0 saturated heterocycles. The third-order valence-corrected chi connectivity index (χ3v) is 2.09. The Hall–Kier alpha value is -2.16. The minimum absolute atomic E-state index is 0.164. The molecule has 2 rings (SSSR count). The van der Waals surface area contributed by atoms with Gasteiger partial charge in [-0.25, -0.2) is 0 Å². The molecule has 0 bridgehead atoms. The maximum atomic E-state index is 11.1. The second kappa shape index (κ2) is 4.57. The molecule has 80 valence electrons. The van der Waals surface area contributed by atoms with Gasteiger partial charge in [0, 0.05) is 6.08 Å². The molecule has 3 nitrogen and oxygen atoms in total. The van der Waals surface area contributed by atoms with Crippen LogP contribution in [0.5, 0.6) is 0 Å². The molecule has 1 aromatic carbocycles. The zero-order chi connectivity index (χ0) is 11.4. The highest BCUT2D eigenvalue weighted by Gasteiger charge is 2.16. The van der Waals surface area contributed by atoms with Gasteiger partial charge in [0.1, 0.15) is 12.2 Å². The average Bonchev–Trinajstić information content (AvgIpc) is 2.27. The van der Waals surface area contributed by atoms with Crippen LogP contribution < -0.4 is 0 Å². The van der Waals surface area contributed by atoms with Crippen molar-refractivity contribution in [1.82, 2.24) is 0 Å². The molecule has 0 N–H and O–H groups in total. The van der Waals surface area contributed by atoms with Crippen LogP contribution in [0.4, 0.5) is 0 Å². The quantitative estimate of drug-likeness (QED) is 0.559. The van der Waals surface area contributed by atoms with E-state index in [0.29, 0.717) is 5.76 Å². The summed E-state index contributed by atoms with van der Waals surface area (Å²) in [6.07, 6.45) is 4.57.